The standard InChI is InChI=1S/C26H20N2/c1-17-12-18(2)14-21(13-17)26-24-11-10-20(15-25(24)27-16-28-26)23-9-5-7-19-6-3-4-8-22(19)23/h3-16H,1-2H3. The van der Waals surface area contributed by atoms with Gasteiger partial charge in [-0.2, -0.15) is 0 Å². The third-order valence-electron chi connectivity index (χ3n) is 5.23. The van der Waals surface area contributed by atoms with Crippen molar-refractivity contribution < 1.29 is 0 Å². The van der Waals surface area contributed by atoms with Crippen molar-refractivity contribution in [3.05, 3.63) is 96.3 Å². The van der Waals surface area contributed by atoms with E-state index in [1.165, 1.54) is 33.0 Å². The molecule has 0 saturated carbocycles. The summed E-state index contributed by atoms with van der Waals surface area (Å²) in [6, 6.07) is 28.0. The first kappa shape index (κ1) is 16.6. The number of hydrogen-bond donors (Lipinski definition) is 0. The normalized spacial score (nSPS) is 11.2. The van der Waals surface area contributed by atoms with Crippen molar-refractivity contribution in [1.29, 1.82) is 0 Å². The number of benzene rings is 4. The highest BCUT2D eigenvalue weighted by Gasteiger charge is 2.10. The van der Waals surface area contributed by atoms with Crippen LogP contribution in [0.5, 0.6) is 0 Å². The van der Waals surface area contributed by atoms with E-state index in [-0.39, 0.29) is 0 Å². The molecular weight excluding hydrogens is 340 g/mol. The monoisotopic (exact) mass is 360 g/mol. The molecule has 0 aliphatic carbocycles. The Morgan fingerprint density at radius 1 is 0.607 bits per heavy atom. The van der Waals surface area contributed by atoms with Gasteiger partial charge in [0.25, 0.3) is 0 Å². The molecule has 0 bridgehead atoms. The zero-order chi connectivity index (χ0) is 19.1. The van der Waals surface area contributed by atoms with Gasteiger partial charge in [0.2, 0.25) is 0 Å². The van der Waals surface area contributed by atoms with Crippen LogP contribution in [0.4, 0.5) is 0 Å². The Bertz CT molecular complexity index is 1310. The fourth-order valence-corrected chi connectivity index (χ4v) is 4.04. The molecule has 0 N–H and O–H groups in total. The molecular formula is C26H20N2. The second kappa shape index (κ2) is 6.58. The molecule has 4 aromatic carbocycles. The van der Waals surface area contributed by atoms with E-state index in [9.17, 15) is 0 Å². The van der Waals surface area contributed by atoms with Gasteiger partial charge in [-0.1, -0.05) is 65.7 Å². The summed E-state index contributed by atoms with van der Waals surface area (Å²) in [6.45, 7) is 4.25. The Kier molecular flexibility index (Phi) is 3.91. The van der Waals surface area contributed by atoms with Crippen molar-refractivity contribution in [3.63, 3.8) is 0 Å². The summed E-state index contributed by atoms with van der Waals surface area (Å²) in [5.74, 6) is 0. The second-order valence-corrected chi connectivity index (χ2v) is 7.36. The van der Waals surface area contributed by atoms with Crippen molar-refractivity contribution in [2.24, 2.45) is 0 Å². The Morgan fingerprint density at radius 3 is 2.25 bits per heavy atom. The van der Waals surface area contributed by atoms with Gasteiger partial charge >= 0.3 is 0 Å². The number of hydrogen-bond acceptors (Lipinski definition) is 2. The van der Waals surface area contributed by atoms with Crippen LogP contribution in [0.3, 0.4) is 0 Å². The van der Waals surface area contributed by atoms with Crippen molar-refractivity contribution in [2.45, 2.75) is 13.8 Å². The van der Waals surface area contributed by atoms with Gasteiger partial charge < -0.3 is 0 Å². The van der Waals surface area contributed by atoms with Crippen molar-refractivity contribution in [1.82, 2.24) is 9.97 Å². The molecule has 0 amide bonds. The molecule has 2 nitrogen and oxygen atoms in total. The predicted octanol–water partition coefficient (Wildman–Crippen LogP) is 6.73. The molecule has 0 saturated heterocycles. The van der Waals surface area contributed by atoms with Gasteiger partial charge in [-0.15, -0.1) is 0 Å². The van der Waals surface area contributed by atoms with Gasteiger partial charge in [0.15, 0.2) is 0 Å². The van der Waals surface area contributed by atoms with Crippen LogP contribution < -0.4 is 0 Å². The fourth-order valence-electron chi connectivity index (χ4n) is 4.04. The highest BCUT2D eigenvalue weighted by atomic mass is 14.8. The number of rotatable bonds is 2. The van der Waals surface area contributed by atoms with Crippen molar-refractivity contribution in [3.8, 4) is 22.4 Å². The lowest BCUT2D eigenvalue weighted by atomic mass is 9.96. The highest BCUT2D eigenvalue weighted by Crippen LogP contribution is 2.33. The van der Waals surface area contributed by atoms with E-state index in [2.05, 4.69) is 103 Å². The van der Waals surface area contributed by atoms with Gasteiger partial charge in [-0.3, -0.25) is 0 Å². The van der Waals surface area contributed by atoms with Crippen LogP contribution in [0.25, 0.3) is 44.1 Å². The third-order valence-corrected chi connectivity index (χ3v) is 5.23. The molecule has 134 valence electrons. The van der Waals surface area contributed by atoms with E-state index < -0.39 is 0 Å². The zero-order valence-electron chi connectivity index (χ0n) is 16.0. The summed E-state index contributed by atoms with van der Waals surface area (Å²) in [5.41, 5.74) is 7.99. The third kappa shape index (κ3) is 2.84. The Morgan fingerprint density at radius 2 is 1.39 bits per heavy atom. The van der Waals surface area contributed by atoms with Crippen LogP contribution in [0.15, 0.2) is 85.2 Å². The van der Waals surface area contributed by atoms with Gasteiger partial charge in [0, 0.05) is 10.9 Å². The molecule has 0 aliphatic heterocycles. The molecule has 0 aliphatic rings. The largest absolute Gasteiger partial charge is 0.236 e. The van der Waals surface area contributed by atoms with Gasteiger partial charge in [0.1, 0.15) is 6.33 Å². The maximum atomic E-state index is 4.60. The summed E-state index contributed by atoms with van der Waals surface area (Å²) in [4.78, 5) is 9.17. The molecule has 0 radical (unpaired) electrons. The second-order valence-electron chi connectivity index (χ2n) is 7.36. The predicted molar refractivity (Wildman–Crippen MR) is 117 cm³/mol. The van der Waals surface area contributed by atoms with E-state index in [0.717, 1.165) is 22.2 Å². The molecule has 5 rings (SSSR count). The fraction of sp³-hybridized carbons (Fsp3) is 0.0769. The molecule has 1 aromatic heterocycles. The van der Waals surface area contributed by atoms with Crippen molar-refractivity contribution in [2.75, 3.05) is 0 Å². The minimum absolute atomic E-state index is 0.967. The van der Waals surface area contributed by atoms with Gasteiger partial charge in [0.05, 0.1) is 11.2 Å². The van der Waals surface area contributed by atoms with Crippen LogP contribution in [-0.4, -0.2) is 9.97 Å². The van der Waals surface area contributed by atoms with Gasteiger partial charge in [-0.05, 0) is 60.0 Å². The lowest BCUT2D eigenvalue weighted by molar-refractivity contribution is 1.22. The SMILES string of the molecule is Cc1cc(C)cc(-c2ncnc3cc(-c4cccc5ccccc45)ccc23)c1. The minimum Gasteiger partial charge on any atom is -0.236 e. The van der Waals surface area contributed by atoms with Crippen LogP contribution in [-0.2, 0) is 0 Å². The van der Waals surface area contributed by atoms with Crippen LogP contribution >= 0.6 is 0 Å². The average molecular weight is 360 g/mol. The topological polar surface area (TPSA) is 25.8 Å². The first-order valence-corrected chi connectivity index (χ1v) is 9.51. The first-order chi connectivity index (χ1) is 13.7. The van der Waals surface area contributed by atoms with E-state index >= 15 is 0 Å². The molecule has 2 heteroatoms. The summed E-state index contributed by atoms with van der Waals surface area (Å²) in [6.07, 6.45) is 1.67. The molecule has 0 atom stereocenters. The maximum absolute atomic E-state index is 4.60. The van der Waals surface area contributed by atoms with Crippen LogP contribution in [0.1, 0.15) is 11.1 Å². The highest BCUT2D eigenvalue weighted by molar-refractivity contribution is 6.00. The van der Waals surface area contributed by atoms with E-state index in [0.29, 0.717) is 0 Å². The number of aromatic nitrogens is 2. The molecule has 0 fully saturated rings. The summed E-state index contributed by atoms with van der Waals surface area (Å²) in [7, 11) is 0. The first-order valence-electron chi connectivity index (χ1n) is 9.51. The Balaban J connectivity index is 1.71. The molecule has 0 spiro atoms. The Labute approximate surface area is 164 Å². The quantitative estimate of drug-likeness (QED) is 0.349. The molecule has 28 heavy (non-hydrogen) atoms. The summed E-state index contributed by atoms with van der Waals surface area (Å²) in [5, 5.41) is 3.59. The Hall–Kier alpha value is -3.52. The maximum Gasteiger partial charge on any atom is 0.116 e. The van der Waals surface area contributed by atoms with Crippen molar-refractivity contribution >= 4 is 21.7 Å². The zero-order valence-corrected chi connectivity index (χ0v) is 16.0. The van der Waals surface area contributed by atoms with E-state index in [4.69, 9.17) is 0 Å². The average Bonchev–Trinajstić information content (AvgIpc) is 2.72. The molecule has 1 heterocycles. The van der Waals surface area contributed by atoms with Crippen LogP contribution in [0.2, 0.25) is 0 Å². The minimum atomic E-state index is 0.967. The number of nitrogens with zero attached hydrogens (tertiary/aromatic N) is 2. The lowest BCUT2D eigenvalue weighted by Gasteiger charge is -2.10. The molecule has 0 unspecified atom stereocenters. The smallest absolute Gasteiger partial charge is 0.116 e. The van der Waals surface area contributed by atoms with E-state index in [1.54, 1.807) is 6.33 Å². The van der Waals surface area contributed by atoms with Crippen LogP contribution in [0, 0.1) is 13.8 Å². The summed E-state index contributed by atoms with van der Waals surface area (Å²) < 4.78 is 0. The molecule has 5 aromatic rings. The lowest BCUT2D eigenvalue weighted by Crippen LogP contribution is -1.91. The number of fused-ring (bicyclic) bond motifs is 2. The summed E-state index contributed by atoms with van der Waals surface area (Å²) >= 11 is 0. The number of aryl methyl sites for hydroxylation is 2. The van der Waals surface area contributed by atoms with Gasteiger partial charge in [-0.25, -0.2) is 9.97 Å². The van der Waals surface area contributed by atoms with E-state index in [1.807, 2.05) is 0 Å².